The molecule has 0 aromatic rings. The number of carbonyl (C=O) groups excluding carboxylic acids is 3. The van der Waals surface area contributed by atoms with Crippen LogP contribution >= 0.6 is 0 Å². The van der Waals surface area contributed by atoms with E-state index >= 15 is 8.78 Å². The minimum Gasteiger partial charge on any atom is -0.458 e. The Balaban J connectivity index is 1.81. The molecule has 5 nitrogen and oxygen atoms in total. The topological polar surface area (TPSA) is 80.7 Å². The van der Waals surface area contributed by atoms with Crippen LogP contribution in [0.4, 0.5) is 8.78 Å². The molecule has 4 aliphatic rings. The van der Waals surface area contributed by atoms with E-state index in [0.29, 0.717) is 0 Å². The highest BCUT2D eigenvalue weighted by atomic mass is 19.1. The molecule has 0 saturated heterocycles. The first kappa shape index (κ1) is 18.7. The molecule has 0 aliphatic heterocycles. The number of aliphatic hydroxyl groups is 1. The fourth-order valence-corrected chi connectivity index (χ4v) is 7.11. The van der Waals surface area contributed by atoms with Gasteiger partial charge >= 0.3 is 5.97 Å². The Morgan fingerprint density at radius 1 is 1.32 bits per heavy atom. The summed E-state index contributed by atoms with van der Waals surface area (Å²) in [6.07, 6.45) is -0.281. The molecule has 0 aromatic carbocycles. The van der Waals surface area contributed by atoms with E-state index in [2.05, 4.69) is 0 Å². The monoisotopic (exact) mass is 439 g/mol. The molecule has 0 amide bonds. The molecule has 0 bridgehead atoms. The minimum absolute atomic E-state index is 0.0192. The van der Waals surface area contributed by atoms with Crippen LogP contribution in [0.3, 0.4) is 0 Å². The van der Waals surface area contributed by atoms with E-state index in [4.69, 9.17) is 8.85 Å². The number of Topliss-reactive ketones (excluding diaryl/α,β-unsaturated/α-hetero) is 1. The molecule has 7 heteroatoms. The molecular formula is C24H30F2O5. The predicted octanol–water partition coefficient (Wildman–Crippen LogP) is 3.30. The van der Waals surface area contributed by atoms with Crippen LogP contribution in [0, 0.1) is 34.5 Å². The van der Waals surface area contributed by atoms with Gasteiger partial charge in [0, 0.05) is 28.3 Å². The Morgan fingerprint density at radius 3 is 2.68 bits per heavy atom. The van der Waals surface area contributed by atoms with Crippen molar-refractivity contribution in [2.75, 3.05) is 6.61 Å². The summed E-state index contributed by atoms with van der Waals surface area (Å²) in [4.78, 5) is 36.3. The average molecular weight is 440 g/mol. The summed E-state index contributed by atoms with van der Waals surface area (Å²) in [5, 5.41) is 11.3. The molecule has 3 fully saturated rings. The van der Waals surface area contributed by atoms with E-state index in [1.165, 1.54) is 19.1 Å². The Bertz CT molecular complexity index is 994. The molecule has 0 heterocycles. The largest absolute Gasteiger partial charge is 0.458 e. The van der Waals surface area contributed by atoms with Crippen LogP contribution in [0.1, 0.15) is 51.0 Å². The van der Waals surface area contributed by atoms with Gasteiger partial charge in [-0.2, -0.15) is 0 Å². The molecule has 3 saturated carbocycles. The highest BCUT2D eigenvalue weighted by molar-refractivity contribution is 6.01. The van der Waals surface area contributed by atoms with E-state index < -0.39 is 83.4 Å². The summed E-state index contributed by atoms with van der Waals surface area (Å²) >= 11 is 0. The number of fused-ring (bicyclic) bond motifs is 5. The highest BCUT2D eigenvalue weighted by Crippen LogP contribution is 2.70. The molecule has 4 aliphatic carbocycles. The van der Waals surface area contributed by atoms with Crippen molar-refractivity contribution in [2.24, 2.45) is 34.5 Å². The maximum absolute atomic E-state index is 17.1. The lowest BCUT2D eigenvalue weighted by molar-refractivity contribution is -0.202. The van der Waals surface area contributed by atoms with E-state index in [0.717, 1.165) is 13.0 Å². The number of hydrogen-bond donors (Lipinski definition) is 1. The van der Waals surface area contributed by atoms with Gasteiger partial charge in [0.15, 0.2) is 17.2 Å². The van der Waals surface area contributed by atoms with Crippen molar-refractivity contribution >= 4 is 17.5 Å². The highest BCUT2D eigenvalue weighted by Gasteiger charge is 2.73. The van der Waals surface area contributed by atoms with E-state index in [9.17, 15) is 19.5 Å². The zero-order valence-corrected chi connectivity index (χ0v) is 17.9. The molecule has 170 valence electrons. The predicted molar refractivity (Wildman–Crippen MR) is 108 cm³/mol. The Kier molecular flexibility index (Phi) is 4.25. The van der Waals surface area contributed by atoms with Gasteiger partial charge in [-0.1, -0.05) is 19.9 Å². The van der Waals surface area contributed by atoms with Gasteiger partial charge in [-0.15, -0.1) is 0 Å². The van der Waals surface area contributed by atoms with Crippen molar-refractivity contribution in [3.8, 4) is 0 Å². The first-order chi connectivity index (χ1) is 15.6. The first-order valence-corrected chi connectivity index (χ1v) is 10.7. The smallest absolute Gasteiger partial charge is 0.303 e. The van der Waals surface area contributed by atoms with Crippen molar-refractivity contribution in [1.82, 2.24) is 0 Å². The number of esters is 1. The summed E-state index contributed by atoms with van der Waals surface area (Å²) in [6.45, 7) is 1.08. The van der Waals surface area contributed by atoms with Crippen LogP contribution in [-0.4, -0.2) is 47.2 Å². The molecule has 0 radical (unpaired) electrons. The summed E-state index contributed by atoms with van der Waals surface area (Å²) in [5.74, 6) is -5.79. The van der Waals surface area contributed by atoms with Crippen molar-refractivity contribution in [3.63, 3.8) is 0 Å². The number of ether oxygens (including phenoxy) is 1. The van der Waals surface area contributed by atoms with Gasteiger partial charge in [-0.3, -0.25) is 14.4 Å². The van der Waals surface area contributed by atoms with Gasteiger partial charge in [-0.25, -0.2) is 8.78 Å². The van der Waals surface area contributed by atoms with Crippen molar-refractivity contribution in [2.45, 2.75) is 64.8 Å². The first-order valence-electron chi connectivity index (χ1n) is 12.2. The third kappa shape index (κ3) is 2.91. The molecule has 31 heavy (non-hydrogen) atoms. The van der Waals surface area contributed by atoms with Crippen LogP contribution in [-0.2, 0) is 19.1 Å². The third-order valence-corrected chi connectivity index (χ3v) is 8.45. The van der Waals surface area contributed by atoms with Gasteiger partial charge in [0.1, 0.15) is 12.8 Å². The van der Waals surface area contributed by atoms with Crippen molar-refractivity contribution in [3.05, 3.63) is 23.8 Å². The van der Waals surface area contributed by atoms with E-state index in [-0.39, 0.29) is 24.8 Å². The minimum atomic E-state index is -2.56. The zero-order valence-electron chi connectivity index (χ0n) is 20.9. The second-order valence-electron chi connectivity index (χ2n) is 10.0. The number of carbonyl (C=O) groups is 3. The molecule has 1 unspecified atom stereocenters. The van der Waals surface area contributed by atoms with Crippen LogP contribution in [0.15, 0.2) is 23.8 Å². The third-order valence-electron chi connectivity index (χ3n) is 8.45. The van der Waals surface area contributed by atoms with Gasteiger partial charge < -0.3 is 9.84 Å². The standard InChI is InChI=1S/C24H30F2O5/c1-12-7-15-16-9-18(25)17-8-14(28)5-6-23(17,4)24(16,26)20(30)10-22(15,3)21(12)19(29)11-31-13(2)27/h5-6,8,12,15-16,18,20-21,30H,7,9-11H2,1-4H3/t12-,15+,16+,18+,20+,21?,22+,23+,24+/m1/s1/i1D3. The summed E-state index contributed by atoms with van der Waals surface area (Å²) in [6, 6.07) is 0. The lowest BCUT2D eigenvalue weighted by Gasteiger charge is -2.62. The summed E-state index contributed by atoms with van der Waals surface area (Å²) < 4.78 is 61.6. The lowest BCUT2D eigenvalue weighted by Crippen LogP contribution is -2.68. The number of allylic oxidation sites excluding steroid dienone is 4. The zero-order chi connectivity index (χ0) is 25.4. The Hall–Kier alpha value is -1.89. The fraction of sp³-hybridized carbons (Fsp3) is 0.708. The molecule has 0 spiro atoms. The number of hydrogen-bond acceptors (Lipinski definition) is 5. The van der Waals surface area contributed by atoms with Crippen LogP contribution in [0.2, 0.25) is 0 Å². The Labute approximate surface area is 185 Å². The molecular weight excluding hydrogens is 406 g/mol. The van der Waals surface area contributed by atoms with Gasteiger partial charge in [0.25, 0.3) is 0 Å². The maximum atomic E-state index is 17.1. The number of aliphatic hydroxyl groups excluding tert-OH is 1. The van der Waals surface area contributed by atoms with Crippen LogP contribution in [0.25, 0.3) is 0 Å². The number of alkyl halides is 2. The van der Waals surface area contributed by atoms with Crippen LogP contribution in [0.5, 0.6) is 0 Å². The average Bonchev–Trinajstić information content (AvgIpc) is 3.03. The SMILES string of the molecule is [2H]C([2H])([2H])[C@@H]1C[C@H]2[C@@H]3C[C@H](F)C4=CC(=O)C=C[C@]4(C)[C@@]3(F)[C@@H](O)C[C@]2(C)C1C(=O)COC(C)=O. The van der Waals surface area contributed by atoms with Gasteiger partial charge in [0.05, 0.1) is 6.10 Å². The van der Waals surface area contributed by atoms with Crippen LogP contribution < -0.4 is 0 Å². The number of ketones is 2. The Morgan fingerprint density at radius 2 is 2.03 bits per heavy atom. The molecule has 0 aromatic heterocycles. The summed E-state index contributed by atoms with van der Waals surface area (Å²) in [7, 11) is 0. The van der Waals surface area contributed by atoms with Gasteiger partial charge in [0.2, 0.25) is 0 Å². The molecule has 9 atom stereocenters. The van der Waals surface area contributed by atoms with Crippen molar-refractivity contribution in [1.29, 1.82) is 0 Å². The molecule has 4 rings (SSSR count). The quantitative estimate of drug-likeness (QED) is 0.683. The van der Waals surface area contributed by atoms with E-state index in [1.807, 2.05) is 0 Å². The maximum Gasteiger partial charge on any atom is 0.303 e. The summed E-state index contributed by atoms with van der Waals surface area (Å²) in [5.41, 5.74) is -5.09. The van der Waals surface area contributed by atoms with E-state index in [1.54, 1.807) is 6.92 Å². The number of rotatable bonds is 3. The second kappa shape index (κ2) is 7.06. The van der Waals surface area contributed by atoms with Crippen molar-refractivity contribution < 1.29 is 37.1 Å². The number of halogens is 2. The normalized spacial score (nSPS) is 50.2. The fourth-order valence-electron chi connectivity index (χ4n) is 7.11. The lowest BCUT2D eigenvalue weighted by atomic mass is 9.45. The molecule has 1 N–H and O–H groups in total. The van der Waals surface area contributed by atoms with Gasteiger partial charge in [-0.05, 0) is 61.2 Å². The second-order valence-corrected chi connectivity index (χ2v) is 10.0.